The second kappa shape index (κ2) is 5.76. The van der Waals surface area contributed by atoms with Gasteiger partial charge in [-0.2, -0.15) is 0 Å². The summed E-state index contributed by atoms with van der Waals surface area (Å²) in [5.41, 5.74) is 1.97. The van der Waals surface area contributed by atoms with Gasteiger partial charge in [0, 0.05) is 23.7 Å². The largest absolute Gasteiger partial charge is 0.361 e. The Morgan fingerprint density at radius 2 is 1.95 bits per heavy atom. The predicted molar refractivity (Wildman–Crippen MR) is 83.5 cm³/mol. The number of benzene rings is 1. The smallest absolute Gasteiger partial charge is 0.321 e. The van der Waals surface area contributed by atoms with E-state index < -0.39 is 6.03 Å². The highest BCUT2D eigenvalue weighted by Gasteiger charge is 2.26. The van der Waals surface area contributed by atoms with E-state index in [0.717, 1.165) is 12.2 Å². The zero-order valence-corrected chi connectivity index (χ0v) is 13.1. The minimum absolute atomic E-state index is 0.193. The Morgan fingerprint density at radius 3 is 2.62 bits per heavy atom. The van der Waals surface area contributed by atoms with Gasteiger partial charge in [0.15, 0.2) is 0 Å². The highest BCUT2D eigenvalue weighted by Crippen LogP contribution is 2.35. The van der Waals surface area contributed by atoms with E-state index in [1.807, 2.05) is 43.9 Å². The van der Waals surface area contributed by atoms with Gasteiger partial charge in [-0.15, -0.1) is 0 Å². The lowest BCUT2D eigenvalue weighted by molar-refractivity contribution is -0.118. The van der Waals surface area contributed by atoms with Gasteiger partial charge in [-0.3, -0.25) is 10.1 Å². The lowest BCUT2D eigenvalue weighted by Crippen LogP contribution is -2.50. The molecule has 2 N–H and O–H groups in total. The number of amides is 3. The second-order valence-electron chi connectivity index (χ2n) is 6.59. The van der Waals surface area contributed by atoms with Crippen LogP contribution in [-0.4, -0.2) is 30.6 Å². The summed E-state index contributed by atoms with van der Waals surface area (Å²) in [4.78, 5) is 25.7. The van der Waals surface area contributed by atoms with Crippen LogP contribution in [0, 0.1) is 0 Å². The average molecular weight is 289 g/mol. The van der Waals surface area contributed by atoms with E-state index in [9.17, 15) is 9.59 Å². The molecule has 5 heteroatoms. The lowest BCUT2D eigenvalue weighted by Gasteiger charge is -2.22. The van der Waals surface area contributed by atoms with Gasteiger partial charge < -0.3 is 10.2 Å². The molecule has 2 rings (SSSR count). The van der Waals surface area contributed by atoms with Crippen molar-refractivity contribution in [3.63, 3.8) is 0 Å². The average Bonchev–Trinajstić information content (AvgIpc) is 2.64. The molecule has 1 aromatic carbocycles. The molecular formula is C16H23N3O2. The number of hydrogen-bond acceptors (Lipinski definition) is 3. The molecule has 1 aliphatic heterocycles. The molecule has 114 valence electrons. The van der Waals surface area contributed by atoms with Crippen LogP contribution in [0.4, 0.5) is 10.5 Å². The number of nitrogens with zero attached hydrogens (tertiary/aromatic N) is 1. The first-order valence-electron chi connectivity index (χ1n) is 7.22. The molecule has 0 saturated carbocycles. The van der Waals surface area contributed by atoms with Crippen LogP contribution in [0.1, 0.15) is 39.2 Å². The molecule has 1 heterocycles. The van der Waals surface area contributed by atoms with Crippen LogP contribution >= 0.6 is 0 Å². The number of anilines is 1. The number of nitrogens with one attached hydrogen (secondary N) is 2. The van der Waals surface area contributed by atoms with E-state index in [4.69, 9.17) is 0 Å². The van der Waals surface area contributed by atoms with Gasteiger partial charge in [-0.25, -0.2) is 4.79 Å². The van der Waals surface area contributed by atoms with Gasteiger partial charge in [-0.05, 0) is 32.4 Å². The van der Waals surface area contributed by atoms with Crippen LogP contribution in [0.25, 0.3) is 0 Å². The summed E-state index contributed by atoms with van der Waals surface area (Å²) >= 11 is 0. The zero-order chi connectivity index (χ0) is 15.6. The summed E-state index contributed by atoms with van der Waals surface area (Å²) in [6, 6.07) is 7.63. The van der Waals surface area contributed by atoms with E-state index in [0.29, 0.717) is 5.92 Å². The molecular weight excluding hydrogens is 266 g/mol. The van der Waals surface area contributed by atoms with Crippen LogP contribution in [0.2, 0.25) is 0 Å². The first-order chi connectivity index (χ1) is 9.76. The topological polar surface area (TPSA) is 61.4 Å². The molecule has 0 bridgehead atoms. The van der Waals surface area contributed by atoms with E-state index in [2.05, 4.69) is 23.6 Å². The molecule has 1 aliphatic rings. The summed E-state index contributed by atoms with van der Waals surface area (Å²) in [5.74, 6) is 0.109. The molecule has 21 heavy (non-hydrogen) atoms. The maximum absolute atomic E-state index is 12.0. The number of carbonyl (C=O) groups excluding carboxylic acids is 2. The molecule has 3 amide bonds. The maximum atomic E-state index is 12.0. The number of para-hydroxylation sites is 1. The normalized spacial score (nSPS) is 17.3. The highest BCUT2D eigenvalue weighted by molar-refractivity contribution is 5.96. The minimum atomic E-state index is -0.451. The fraction of sp³-hybridized carbons (Fsp3) is 0.500. The van der Waals surface area contributed by atoms with E-state index in [-0.39, 0.29) is 18.0 Å². The second-order valence-corrected chi connectivity index (χ2v) is 6.59. The van der Waals surface area contributed by atoms with Gasteiger partial charge >= 0.3 is 6.03 Å². The lowest BCUT2D eigenvalue weighted by atomic mass is 10.0. The Balaban J connectivity index is 1.94. The summed E-state index contributed by atoms with van der Waals surface area (Å²) < 4.78 is 0. The highest BCUT2D eigenvalue weighted by atomic mass is 16.2. The molecule has 0 radical (unpaired) electrons. The molecule has 0 saturated heterocycles. The van der Waals surface area contributed by atoms with Gasteiger partial charge in [0.2, 0.25) is 5.91 Å². The maximum Gasteiger partial charge on any atom is 0.321 e. The van der Waals surface area contributed by atoms with Gasteiger partial charge in [0.1, 0.15) is 0 Å². The Kier molecular flexibility index (Phi) is 4.21. The number of hydrogen-bond donors (Lipinski definition) is 2. The van der Waals surface area contributed by atoms with Crippen molar-refractivity contribution in [2.24, 2.45) is 0 Å². The fourth-order valence-corrected chi connectivity index (χ4v) is 2.58. The van der Waals surface area contributed by atoms with Crippen LogP contribution < -0.4 is 15.5 Å². The summed E-state index contributed by atoms with van der Waals surface area (Å²) in [6.45, 7) is 8.75. The summed E-state index contributed by atoms with van der Waals surface area (Å²) in [5, 5.41) is 5.09. The quantitative estimate of drug-likeness (QED) is 0.877. The molecule has 5 nitrogen and oxygen atoms in total. The number of carbonyl (C=O) groups is 2. The molecule has 0 aromatic heterocycles. The zero-order valence-electron chi connectivity index (χ0n) is 13.1. The molecule has 0 fully saturated rings. The SMILES string of the molecule is CC1CN(CC(=O)NC(=O)NC(C)(C)C)c2ccccc21. The molecule has 0 aliphatic carbocycles. The Labute approximate surface area is 125 Å². The van der Waals surface area contributed by atoms with Gasteiger partial charge in [0.05, 0.1) is 6.54 Å². The number of imide groups is 1. The van der Waals surface area contributed by atoms with Crippen molar-refractivity contribution in [1.29, 1.82) is 0 Å². The van der Waals surface area contributed by atoms with Gasteiger partial charge in [0.25, 0.3) is 0 Å². The minimum Gasteiger partial charge on any atom is -0.361 e. The molecule has 1 unspecified atom stereocenters. The predicted octanol–water partition coefficient (Wildman–Crippen LogP) is 2.23. The summed E-state index contributed by atoms with van der Waals surface area (Å²) in [6.07, 6.45) is 0. The van der Waals surface area contributed by atoms with E-state index in [1.54, 1.807) is 0 Å². The van der Waals surface area contributed by atoms with Crippen LogP contribution in [0.3, 0.4) is 0 Å². The standard InChI is InChI=1S/C16H23N3O2/c1-11-9-19(13-8-6-5-7-12(11)13)10-14(20)17-15(21)18-16(2,3)4/h5-8,11H,9-10H2,1-4H3,(H2,17,18,20,21). The van der Waals surface area contributed by atoms with Crippen LogP contribution in [0.5, 0.6) is 0 Å². The van der Waals surface area contributed by atoms with Crippen molar-refractivity contribution >= 4 is 17.6 Å². The van der Waals surface area contributed by atoms with Crippen molar-refractivity contribution in [3.05, 3.63) is 29.8 Å². The third kappa shape index (κ3) is 3.97. The summed E-state index contributed by atoms with van der Waals surface area (Å²) in [7, 11) is 0. The third-order valence-electron chi connectivity index (χ3n) is 3.38. The monoisotopic (exact) mass is 289 g/mol. The van der Waals surface area contributed by atoms with Crippen molar-refractivity contribution in [1.82, 2.24) is 10.6 Å². The van der Waals surface area contributed by atoms with Crippen molar-refractivity contribution < 1.29 is 9.59 Å². The molecule has 1 aromatic rings. The van der Waals surface area contributed by atoms with Crippen molar-refractivity contribution in [2.45, 2.75) is 39.2 Å². The Hall–Kier alpha value is -2.04. The Bertz CT molecular complexity index is 549. The third-order valence-corrected chi connectivity index (χ3v) is 3.38. The fourth-order valence-electron chi connectivity index (χ4n) is 2.58. The number of urea groups is 1. The van der Waals surface area contributed by atoms with Crippen molar-refractivity contribution in [2.75, 3.05) is 18.0 Å². The van der Waals surface area contributed by atoms with E-state index in [1.165, 1.54) is 5.56 Å². The van der Waals surface area contributed by atoms with Crippen LogP contribution in [0.15, 0.2) is 24.3 Å². The van der Waals surface area contributed by atoms with Crippen molar-refractivity contribution in [3.8, 4) is 0 Å². The molecule has 0 spiro atoms. The number of fused-ring (bicyclic) bond motifs is 1. The van der Waals surface area contributed by atoms with E-state index >= 15 is 0 Å². The number of rotatable bonds is 2. The van der Waals surface area contributed by atoms with Crippen LogP contribution in [-0.2, 0) is 4.79 Å². The first kappa shape index (κ1) is 15.4. The Morgan fingerprint density at radius 1 is 1.29 bits per heavy atom. The van der Waals surface area contributed by atoms with Gasteiger partial charge in [-0.1, -0.05) is 25.1 Å². The first-order valence-corrected chi connectivity index (χ1v) is 7.22. The molecule has 1 atom stereocenters.